The average Bonchev–Trinajstić information content (AvgIpc) is 3.76. The van der Waals surface area contributed by atoms with E-state index in [4.69, 9.17) is 18.9 Å². The fourth-order valence-corrected chi connectivity index (χ4v) is 6.30. The van der Waals surface area contributed by atoms with Crippen molar-refractivity contribution in [3.8, 4) is 11.5 Å². The van der Waals surface area contributed by atoms with Crippen molar-refractivity contribution in [2.24, 2.45) is 0 Å². The molecule has 4 aromatic carbocycles. The van der Waals surface area contributed by atoms with Gasteiger partial charge in [0.25, 0.3) is 11.5 Å². The van der Waals surface area contributed by atoms with Crippen molar-refractivity contribution < 1.29 is 28.8 Å². The Labute approximate surface area is 287 Å². The van der Waals surface area contributed by atoms with Crippen LogP contribution in [0.2, 0.25) is 0 Å². The molecule has 0 aliphatic carbocycles. The molecular weight excluding hydrogens is 638 g/mol. The summed E-state index contributed by atoms with van der Waals surface area (Å²) < 4.78 is 26.0. The summed E-state index contributed by atoms with van der Waals surface area (Å²) in [7, 11) is 3.23. The van der Waals surface area contributed by atoms with Gasteiger partial charge in [-0.3, -0.25) is 24.5 Å². The van der Waals surface area contributed by atoms with E-state index in [0.29, 0.717) is 17.1 Å². The maximum atomic E-state index is 12.9. The summed E-state index contributed by atoms with van der Waals surface area (Å²) in [5, 5.41) is 14.0. The van der Waals surface area contributed by atoms with Crippen LogP contribution in [0.3, 0.4) is 0 Å². The summed E-state index contributed by atoms with van der Waals surface area (Å²) >= 11 is 0. The van der Waals surface area contributed by atoms with Crippen LogP contribution in [-0.4, -0.2) is 63.6 Å². The number of rotatable bonds is 11. The molecule has 0 spiro atoms. The van der Waals surface area contributed by atoms with E-state index in [1.807, 2.05) is 78.9 Å². The smallest absolute Gasteiger partial charge is 0.280 e. The molecule has 6 aromatic rings. The molecule has 1 aliphatic heterocycles. The topological polar surface area (TPSA) is 150 Å². The van der Waals surface area contributed by atoms with Crippen LogP contribution in [0.1, 0.15) is 39.7 Å². The van der Waals surface area contributed by atoms with Gasteiger partial charge in [0.05, 0.1) is 33.3 Å². The predicted molar refractivity (Wildman–Crippen MR) is 185 cm³/mol. The maximum Gasteiger partial charge on any atom is 0.280 e. The molecule has 0 bridgehead atoms. The first-order valence-corrected chi connectivity index (χ1v) is 16.0. The number of carbonyl (C=O) groups is 1. The number of fused-ring (bicyclic) bond motifs is 1. The zero-order valence-corrected chi connectivity index (χ0v) is 27.4. The van der Waals surface area contributed by atoms with Crippen LogP contribution in [0.25, 0.3) is 11.2 Å². The van der Waals surface area contributed by atoms with Crippen molar-refractivity contribution in [1.29, 1.82) is 0 Å². The van der Waals surface area contributed by atoms with Crippen LogP contribution in [0, 0.1) is 0 Å². The number of imidazole rings is 1. The van der Waals surface area contributed by atoms with Crippen LogP contribution < -0.4 is 20.3 Å². The van der Waals surface area contributed by atoms with E-state index in [-0.39, 0.29) is 30.1 Å². The van der Waals surface area contributed by atoms with Gasteiger partial charge < -0.3 is 24.1 Å². The van der Waals surface area contributed by atoms with Gasteiger partial charge in [-0.25, -0.2) is 4.98 Å². The van der Waals surface area contributed by atoms with Crippen molar-refractivity contribution in [2.45, 2.75) is 30.5 Å². The maximum absolute atomic E-state index is 12.9. The third kappa shape index (κ3) is 6.23. The van der Waals surface area contributed by atoms with Crippen LogP contribution in [0.15, 0.2) is 120 Å². The summed E-state index contributed by atoms with van der Waals surface area (Å²) in [6.45, 7) is -0.00513. The normalized spacial score (nSPS) is 18.4. The van der Waals surface area contributed by atoms with Gasteiger partial charge in [0.2, 0.25) is 5.95 Å². The molecule has 0 saturated carbocycles. The second-order valence-corrected chi connectivity index (χ2v) is 11.8. The van der Waals surface area contributed by atoms with Crippen LogP contribution in [0.4, 0.5) is 5.95 Å². The van der Waals surface area contributed by atoms with Crippen LogP contribution in [-0.2, 0) is 15.1 Å². The number of nitrogens with zero attached hydrogens (tertiary/aromatic N) is 3. The highest BCUT2D eigenvalue weighted by Crippen LogP contribution is 2.43. The van der Waals surface area contributed by atoms with E-state index in [1.165, 1.54) is 6.33 Å². The van der Waals surface area contributed by atoms with Gasteiger partial charge in [-0.2, -0.15) is 4.98 Å². The monoisotopic (exact) mass is 673 g/mol. The number of aromatic amines is 1. The molecule has 12 heteroatoms. The lowest BCUT2D eigenvalue weighted by Crippen LogP contribution is -2.38. The Kier molecular flexibility index (Phi) is 9.13. The molecule has 3 heterocycles. The van der Waals surface area contributed by atoms with E-state index in [2.05, 4.69) is 20.3 Å². The van der Waals surface area contributed by atoms with Gasteiger partial charge in [0.15, 0.2) is 11.2 Å². The van der Waals surface area contributed by atoms with Gasteiger partial charge in [0, 0.05) is 12.0 Å². The van der Waals surface area contributed by atoms with Gasteiger partial charge in [-0.15, -0.1) is 0 Å². The summed E-state index contributed by atoms with van der Waals surface area (Å²) in [6, 6.07) is 33.8. The van der Waals surface area contributed by atoms with E-state index >= 15 is 0 Å². The number of benzene rings is 4. The largest absolute Gasteiger partial charge is 0.497 e. The molecule has 1 aliphatic rings. The number of carbonyl (C=O) groups excluding carboxylic acids is 1. The van der Waals surface area contributed by atoms with Crippen LogP contribution in [0.5, 0.6) is 11.5 Å². The minimum atomic E-state index is -1.13. The number of aliphatic hydroxyl groups is 1. The minimum absolute atomic E-state index is 0.00513. The van der Waals surface area contributed by atoms with Crippen molar-refractivity contribution in [3.05, 3.63) is 148 Å². The van der Waals surface area contributed by atoms with Crippen molar-refractivity contribution in [3.63, 3.8) is 0 Å². The molecule has 7 rings (SSSR count). The van der Waals surface area contributed by atoms with Gasteiger partial charge in [-0.05, 0) is 53.1 Å². The number of aromatic nitrogens is 4. The van der Waals surface area contributed by atoms with E-state index in [0.717, 1.165) is 16.7 Å². The highest BCUT2D eigenvalue weighted by molar-refractivity contribution is 6.03. The zero-order chi connectivity index (χ0) is 34.7. The van der Waals surface area contributed by atoms with Crippen molar-refractivity contribution in [1.82, 2.24) is 19.5 Å². The third-order valence-corrected chi connectivity index (χ3v) is 8.83. The number of H-pyrrole nitrogens is 1. The SMILES string of the molecule is COc1ccc(C(OC[C@H]2O[C@@H](n3cnc4c(=O)[nH]c(NC(=O)c5ccccc5)nc43)C[C@@H]2O)(c2ccccc2)c2cccc(OC)c2)cc1. The Morgan fingerprint density at radius 3 is 2.32 bits per heavy atom. The molecule has 0 radical (unpaired) electrons. The molecule has 1 saturated heterocycles. The van der Waals surface area contributed by atoms with Gasteiger partial charge >= 0.3 is 0 Å². The number of hydrogen-bond donors (Lipinski definition) is 3. The molecule has 12 nitrogen and oxygen atoms in total. The first-order valence-electron chi connectivity index (χ1n) is 16.0. The molecule has 4 atom stereocenters. The first-order chi connectivity index (χ1) is 24.4. The van der Waals surface area contributed by atoms with E-state index in [1.54, 1.807) is 49.1 Å². The number of nitrogens with one attached hydrogen (secondary N) is 2. The Bertz CT molecular complexity index is 2150. The first kappa shape index (κ1) is 32.7. The lowest BCUT2D eigenvalue weighted by molar-refractivity contribution is -0.0931. The molecule has 50 heavy (non-hydrogen) atoms. The number of ether oxygens (including phenoxy) is 4. The van der Waals surface area contributed by atoms with Gasteiger partial charge in [-0.1, -0.05) is 72.8 Å². The average molecular weight is 674 g/mol. The molecule has 1 amide bonds. The number of amides is 1. The summed E-state index contributed by atoms with van der Waals surface area (Å²) in [6.07, 6.45) is -0.785. The highest BCUT2D eigenvalue weighted by atomic mass is 16.6. The Morgan fingerprint density at radius 2 is 1.60 bits per heavy atom. The van der Waals surface area contributed by atoms with E-state index < -0.39 is 35.5 Å². The minimum Gasteiger partial charge on any atom is -0.497 e. The number of anilines is 1. The molecule has 1 unspecified atom stereocenters. The number of hydrogen-bond acceptors (Lipinski definition) is 9. The number of methoxy groups -OCH3 is 2. The van der Waals surface area contributed by atoms with Gasteiger partial charge in [0.1, 0.15) is 29.4 Å². The standard InChI is InChI=1S/C38H35N5O7/c1-47-28-18-16-26(17-19-28)38(25-12-7-4-8-13-25,27-14-9-15-29(20-27)48-2)49-22-31-30(44)21-32(50-31)43-23-39-33-34(43)40-37(42-36(33)46)41-35(45)24-10-5-3-6-11-24/h3-20,23,30-32,44H,21-22H2,1-2H3,(H2,40,41,42,45,46)/t30-,31+,32+,38?/m0/s1. The molecule has 3 N–H and O–H groups in total. The lowest BCUT2D eigenvalue weighted by Gasteiger charge is -2.37. The third-order valence-electron chi connectivity index (χ3n) is 8.83. The van der Waals surface area contributed by atoms with Crippen molar-refractivity contribution >= 4 is 23.0 Å². The number of aliphatic hydroxyl groups excluding tert-OH is 1. The molecule has 254 valence electrons. The predicted octanol–water partition coefficient (Wildman–Crippen LogP) is 5.05. The van der Waals surface area contributed by atoms with E-state index in [9.17, 15) is 14.7 Å². The molecular formula is C38H35N5O7. The lowest BCUT2D eigenvalue weighted by atomic mass is 9.80. The summed E-state index contributed by atoms with van der Waals surface area (Å²) in [5.41, 5.74) is 1.51. The summed E-state index contributed by atoms with van der Waals surface area (Å²) in [4.78, 5) is 37.0. The quantitative estimate of drug-likeness (QED) is 0.161. The second-order valence-electron chi connectivity index (χ2n) is 11.8. The Morgan fingerprint density at radius 1 is 0.920 bits per heavy atom. The van der Waals surface area contributed by atoms with Crippen molar-refractivity contribution in [2.75, 3.05) is 26.1 Å². The summed E-state index contributed by atoms with van der Waals surface area (Å²) in [5.74, 6) is 0.883. The molecule has 1 fully saturated rings. The second kappa shape index (κ2) is 14.0. The highest BCUT2D eigenvalue weighted by Gasteiger charge is 2.42. The fraction of sp³-hybridized carbons (Fsp3) is 0.211. The fourth-order valence-electron chi connectivity index (χ4n) is 6.30. The molecule has 2 aromatic heterocycles. The zero-order valence-electron chi connectivity index (χ0n) is 27.4. The Balaban J connectivity index is 1.20. The Hall–Kier alpha value is -5.82. The van der Waals surface area contributed by atoms with Crippen LogP contribution >= 0.6 is 0 Å².